The molecule has 0 aliphatic carbocycles. The average Bonchev–Trinajstić information content (AvgIpc) is 2.98. The van der Waals surface area contributed by atoms with Crippen molar-refractivity contribution in [2.24, 2.45) is 5.92 Å². The van der Waals surface area contributed by atoms with Gasteiger partial charge in [0.15, 0.2) is 5.82 Å². The summed E-state index contributed by atoms with van der Waals surface area (Å²) in [6.07, 6.45) is 3.70. The first kappa shape index (κ1) is 9.53. The van der Waals surface area contributed by atoms with Crippen LogP contribution in [0.4, 0.5) is 0 Å². The molecule has 1 saturated heterocycles. The van der Waals surface area contributed by atoms with Crippen LogP contribution in [0.2, 0.25) is 0 Å². The highest BCUT2D eigenvalue weighted by molar-refractivity contribution is 5.17. The summed E-state index contributed by atoms with van der Waals surface area (Å²) in [6.45, 7) is 2.14. The van der Waals surface area contributed by atoms with Crippen LogP contribution in [0.3, 0.4) is 0 Å². The van der Waals surface area contributed by atoms with Crippen LogP contribution >= 0.6 is 0 Å². The molecule has 0 spiro atoms. The van der Waals surface area contributed by atoms with E-state index in [0.717, 1.165) is 25.3 Å². The zero-order valence-electron chi connectivity index (χ0n) is 8.83. The first-order chi connectivity index (χ1) is 7.93. The smallest absolute Gasteiger partial charge is 0.222 e. The maximum absolute atomic E-state index is 5.29. The Morgan fingerprint density at radius 3 is 3.31 bits per heavy atom. The molecular weight excluding hydrogens is 206 g/mol. The molecule has 0 saturated carbocycles. The van der Waals surface area contributed by atoms with Crippen LogP contribution in [0.5, 0.6) is 0 Å². The Bertz CT molecular complexity index is 443. The second kappa shape index (κ2) is 4.05. The lowest BCUT2D eigenvalue weighted by Crippen LogP contribution is -2.13. The van der Waals surface area contributed by atoms with Gasteiger partial charge in [0.1, 0.15) is 0 Å². The van der Waals surface area contributed by atoms with E-state index in [9.17, 15) is 0 Å². The lowest BCUT2D eigenvalue weighted by molar-refractivity contribution is 0.493. The van der Waals surface area contributed by atoms with E-state index in [0.29, 0.717) is 11.8 Å². The molecule has 1 atom stereocenters. The van der Waals surface area contributed by atoms with Gasteiger partial charge < -0.3 is 9.73 Å². The number of tetrazole rings is 1. The zero-order valence-corrected chi connectivity index (χ0v) is 8.83. The fourth-order valence-corrected chi connectivity index (χ4v) is 2.04. The van der Waals surface area contributed by atoms with Gasteiger partial charge in [-0.25, -0.2) is 0 Å². The molecule has 0 radical (unpaired) electrons. The number of furan rings is 1. The highest BCUT2D eigenvalue weighted by Crippen LogP contribution is 2.15. The molecule has 0 aromatic carbocycles. The summed E-state index contributed by atoms with van der Waals surface area (Å²) < 4.78 is 6.95. The van der Waals surface area contributed by atoms with Crippen LogP contribution < -0.4 is 5.32 Å². The SMILES string of the molecule is c1coc(-n2nnnc2CC2CCNC2)c1. The Morgan fingerprint density at radius 2 is 2.56 bits per heavy atom. The van der Waals surface area contributed by atoms with E-state index < -0.39 is 0 Å². The lowest BCUT2D eigenvalue weighted by Gasteiger charge is -2.06. The number of nitrogens with zero attached hydrogens (tertiary/aromatic N) is 4. The molecule has 6 nitrogen and oxygen atoms in total. The van der Waals surface area contributed by atoms with Crippen molar-refractivity contribution >= 4 is 0 Å². The number of hydrogen-bond acceptors (Lipinski definition) is 5. The van der Waals surface area contributed by atoms with Crippen molar-refractivity contribution in [1.29, 1.82) is 0 Å². The zero-order chi connectivity index (χ0) is 10.8. The monoisotopic (exact) mass is 219 g/mol. The topological polar surface area (TPSA) is 68.8 Å². The van der Waals surface area contributed by atoms with Gasteiger partial charge in [-0.3, -0.25) is 0 Å². The van der Waals surface area contributed by atoms with E-state index in [1.807, 2.05) is 12.1 Å². The summed E-state index contributed by atoms with van der Waals surface area (Å²) in [5, 5.41) is 15.0. The summed E-state index contributed by atoms with van der Waals surface area (Å²) in [6, 6.07) is 3.69. The first-order valence-corrected chi connectivity index (χ1v) is 5.45. The van der Waals surface area contributed by atoms with Crippen LogP contribution in [0.25, 0.3) is 5.88 Å². The van der Waals surface area contributed by atoms with Gasteiger partial charge in [0.05, 0.1) is 6.26 Å². The largest absolute Gasteiger partial charge is 0.447 e. The van der Waals surface area contributed by atoms with Crippen molar-refractivity contribution in [3.05, 3.63) is 24.2 Å². The Morgan fingerprint density at radius 1 is 1.56 bits per heavy atom. The Labute approximate surface area is 92.6 Å². The van der Waals surface area contributed by atoms with E-state index in [-0.39, 0.29) is 0 Å². The van der Waals surface area contributed by atoms with Gasteiger partial charge in [-0.1, -0.05) is 0 Å². The lowest BCUT2D eigenvalue weighted by atomic mass is 10.1. The quantitative estimate of drug-likeness (QED) is 0.809. The van der Waals surface area contributed by atoms with E-state index >= 15 is 0 Å². The Hall–Kier alpha value is -1.69. The van der Waals surface area contributed by atoms with Gasteiger partial charge >= 0.3 is 0 Å². The average molecular weight is 219 g/mol. The number of rotatable bonds is 3. The molecule has 84 valence electrons. The third kappa shape index (κ3) is 1.71. The van der Waals surface area contributed by atoms with E-state index in [2.05, 4.69) is 20.8 Å². The molecule has 2 aromatic heterocycles. The maximum Gasteiger partial charge on any atom is 0.222 e. The molecule has 3 heterocycles. The van der Waals surface area contributed by atoms with Gasteiger partial charge in [0.25, 0.3) is 0 Å². The van der Waals surface area contributed by atoms with Gasteiger partial charge in [-0.05, 0) is 41.9 Å². The van der Waals surface area contributed by atoms with Crippen molar-refractivity contribution in [2.45, 2.75) is 12.8 Å². The van der Waals surface area contributed by atoms with Crippen LogP contribution in [-0.4, -0.2) is 33.3 Å². The van der Waals surface area contributed by atoms with Crippen molar-refractivity contribution in [3.63, 3.8) is 0 Å². The molecule has 1 aliphatic rings. The summed E-state index contributed by atoms with van der Waals surface area (Å²) in [5.41, 5.74) is 0. The van der Waals surface area contributed by atoms with Crippen molar-refractivity contribution in [1.82, 2.24) is 25.5 Å². The molecule has 1 aliphatic heterocycles. The molecular formula is C10H13N5O. The predicted molar refractivity (Wildman–Crippen MR) is 56.1 cm³/mol. The number of aromatic nitrogens is 4. The van der Waals surface area contributed by atoms with Crippen LogP contribution in [-0.2, 0) is 6.42 Å². The van der Waals surface area contributed by atoms with Crippen molar-refractivity contribution in [2.75, 3.05) is 13.1 Å². The van der Waals surface area contributed by atoms with Gasteiger partial charge in [0, 0.05) is 12.5 Å². The standard InChI is InChI=1S/C10H13N5O/c1-2-10(16-5-1)15-9(12-13-14-15)6-8-3-4-11-7-8/h1-2,5,8,11H,3-4,6-7H2. The minimum Gasteiger partial charge on any atom is -0.447 e. The molecule has 3 rings (SSSR count). The molecule has 6 heteroatoms. The van der Waals surface area contributed by atoms with Gasteiger partial charge in [-0.2, -0.15) is 4.68 Å². The highest BCUT2D eigenvalue weighted by atomic mass is 16.3. The fraction of sp³-hybridized carbons (Fsp3) is 0.500. The second-order valence-electron chi connectivity index (χ2n) is 4.02. The number of hydrogen-bond donors (Lipinski definition) is 1. The Balaban J connectivity index is 1.82. The van der Waals surface area contributed by atoms with Crippen molar-refractivity contribution < 1.29 is 4.42 Å². The maximum atomic E-state index is 5.29. The van der Waals surface area contributed by atoms with E-state index in [1.54, 1.807) is 10.9 Å². The van der Waals surface area contributed by atoms with Crippen molar-refractivity contribution in [3.8, 4) is 5.88 Å². The predicted octanol–water partition coefficient (Wildman–Crippen LogP) is 0.407. The molecule has 2 aromatic rings. The van der Waals surface area contributed by atoms with Crippen LogP contribution in [0.1, 0.15) is 12.2 Å². The summed E-state index contributed by atoms with van der Waals surface area (Å²) in [7, 11) is 0. The third-order valence-corrected chi connectivity index (χ3v) is 2.88. The third-order valence-electron chi connectivity index (χ3n) is 2.88. The first-order valence-electron chi connectivity index (χ1n) is 5.45. The molecule has 0 bridgehead atoms. The molecule has 0 amide bonds. The molecule has 1 N–H and O–H groups in total. The van der Waals surface area contributed by atoms with E-state index in [1.165, 1.54) is 6.42 Å². The van der Waals surface area contributed by atoms with Gasteiger partial charge in [-0.15, -0.1) is 5.10 Å². The molecule has 1 unspecified atom stereocenters. The summed E-state index contributed by atoms with van der Waals surface area (Å²) in [5.74, 6) is 2.16. The number of nitrogens with one attached hydrogen (secondary N) is 1. The minimum atomic E-state index is 0.625. The highest BCUT2D eigenvalue weighted by Gasteiger charge is 2.19. The van der Waals surface area contributed by atoms with Crippen LogP contribution in [0.15, 0.2) is 22.8 Å². The second-order valence-corrected chi connectivity index (χ2v) is 4.02. The molecule has 1 fully saturated rings. The van der Waals surface area contributed by atoms with Gasteiger partial charge in [0.2, 0.25) is 5.88 Å². The Kier molecular flexibility index (Phi) is 2.41. The molecule has 16 heavy (non-hydrogen) atoms. The van der Waals surface area contributed by atoms with Crippen LogP contribution in [0, 0.1) is 5.92 Å². The minimum absolute atomic E-state index is 0.625. The van der Waals surface area contributed by atoms with E-state index in [4.69, 9.17) is 4.42 Å². The fourth-order valence-electron chi connectivity index (χ4n) is 2.04. The normalized spacial score (nSPS) is 20.4. The summed E-state index contributed by atoms with van der Waals surface area (Å²) >= 11 is 0. The summed E-state index contributed by atoms with van der Waals surface area (Å²) in [4.78, 5) is 0.